The normalized spacial score (nSPS) is 37.2. The Balaban J connectivity index is 2.63. The highest BCUT2D eigenvalue weighted by Crippen LogP contribution is 2.30. The lowest BCUT2D eigenvalue weighted by molar-refractivity contribution is 0.468. The summed E-state index contributed by atoms with van der Waals surface area (Å²) in [5.41, 5.74) is 1.23. The molecule has 0 saturated heterocycles. The van der Waals surface area contributed by atoms with Crippen molar-refractivity contribution in [3.05, 3.63) is 0 Å². The Hall–Kier alpha value is -0.530. The highest BCUT2D eigenvalue weighted by atomic mass is 15.1. The van der Waals surface area contributed by atoms with Gasteiger partial charge in [-0.1, -0.05) is 13.8 Å². The molecule has 2 atom stereocenters. The van der Waals surface area contributed by atoms with Crippen molar-refractivity contribution in [3.63, 3.8) is 0 Å². The molecular formula is C8H16N2. The lowest BCUT2D eigenvalue weighted by Gasteiger charge is -2.11. The van der Waals surface area contributed by atoms with Gasteiger partial charge in [0, 0.05) is 11.6 Å². The summed E-state index contributed by atoms with van der Waals surface area (Å²) in [6, 6.07) is 0. The Kier molecular flexibility index (Phi) is 2.30. The van der Waals surface area contributed by atoms with E-state index < -0.39 is 0 Å². The van der Waals surface area contributed by atoms with E-state index in [1.807, 2.05) is 0 Å². The summed E-state index contributed by atoms with van der Waals surface area (Å²) in [4.78, 5) is 0. The van der Waals surface area contributed by atoms with Gasteiger partial charge in [-0.05, 0) is 25.2 Å². The van der Waals surface area contributed by atoms with E-state index in [2.05, 4.69) is 18.9 Å². The molecule has 2 unspecified atom stereocenters. The summed E-state index contributed by atoms with van der Waals surface area (Å²) in [5.74, 6) is 6.72. The Morgan fingerprint density at radius 2 is 2.40 bits per heavy atom. The van der Waals surface area contributed by atoms with Crippen molar-refractivity contribution >= 4 is 5.71 Å². The number of hydrazone groups is 1. The molecule has 1 fully saturated rings. The standard InChI is InChI=1S/C8H16N2/c1-3-7-6(2)4-5-8(7)10-9/h6-7H,3-5,9H2,1-2H3/b10-8+. The van der Waals surface area contributed by atoms with Crippen molar-refractivity contribution in [3.8, 4) is 0 Å². The molecular weight excluding hydrogens is 124 g/mol. The van der Waals surface area contributed by atoms with Crippen LogP contribution in [-0.2, 0) is 0 Å². The van der Waals surface area contributed by atoms with E-state index in [9.17, 15) is 0 Å². The van der Waals surface area contributed by atoms with Crippen molar-refractivity contribution < 1.29 is 0 Å². The van der Waals surface area contributed by atoms with Crippen LogP contribution in [0.5, 0.6) is 0 Å². The Morgan fingerprint density at radius 3 is 2.80 bits per heavy atom. The molecule has 1 aliphatic carbocycles. The fourth-order valence-corrected chi connectivity index (χ4v) is 1.89. The van der Waals surface area contributed by atoms with Crippen LogP contribution in [0.4, 0.5) is 0 Å². The first-order valence-corrected chi connectivity index (χ1v) is 4.06. The number of nitrogens with zero attached hydrogens (tertiary/aromatic N) is 1. The zero-order chi connectivity index (χ0) is 7.56. The highest BCUT2D eigenvalue weighted by Gasteiger charge is 2.27. The Bertz CT molecular complexity index is 140. The van der Waals surface area contributed by atoms with E-state index in [-0.39, 0.29) is 0 Å². The summed E-state index contributed by atoms with van der Waals surface area (Å²) in [7, 11) is 0. The first-order valence-electron chi connectivity index (χ1n) is 4.06. The molecule has 0 heterocycles. The second-order valence-electron chi connectivity index (χ2n) is 3.15. The van der Waals surface area contributed by atoms with Crippen LogP contribution >= 0.6 is 0 Å². The average Bonchev–Trinajstić information content (AvgIpc) is 2.30. The largest absolute Gasteiger partial charge is 0.323 e. The fraction of sp³-hybridized carbons (Fsp3) is 0.875. The maximum Gasteiger partial charge on any atom is 0.0409 e. The minimum atomic E-state index is 0.671. The molecule has 58 valence electrons. The van der Waals surface area contributed by atoms with Crippen molar-refractivity contribution in [2.45, 2.75) is 33.1 Å². The van der Waals surface area contributed by atoms with Crippen LogP contribution in [0.3, 0.4) is 0 Å². The second kappa shape index (κ2) is 3.04. The van der Waals surface area contributed by atoms with Crippen LogP contribution in [-0.4, -0.2) is 5.71 Å². The van der Waals surface area contributed by atoms with Gasteiger partial charge in [0.25, 0.3) is 0 Å². The summed E-state index contributed by atoms with van der Waals surface area (Å²) in [6.07, 6.45) is 3.59. The van der Waals surface area contributed by atoms with Gasteiger partial charge in [0.15, 0.2) is 0 Å². The van der Waals surface area contributed by atoms with E-state index in [0.29, 0.717) is 5.92 Å². The van der Waals surface area contributed by atoms with Crippen LogP contribution < -0.4 is 5.84 Å². The molecule has 1 aliphatic rings. The van der Waals surface area contributed by atoms with E-state index in [1.54, 1.807) is 0 Å². The summed E-state index contributed by atoms with van der Waals surface area (Å²) >= 11 is 0. The molecule has 1 saturated carbocycles. The predicted octanol–water partition coefficient (Wildman–Crippen LogP) is 1.76. The third-order valence-electron chi connectivity index (χ3n) is 2.58. The zero-order valence-electron chi connectivity index (χ0n) is 6.80. The van der Waals surface area contributed by atoms with Crippen molar-refractivity contribution in [1.82, 2.24) is 0 Å². The number of nitrogens with two attached hydrogens (primary N) is 1. The molecule has 0 aromatic rings. The molecule has 10 heavy (non-hydrogen) atoms. The summed E-state index contributed by atoms with van der Waals surface area (Å²) < 4.78 is 0. The van der Waals surface area contributed by atoms with E-state index >= 15 is 0 Å². The summed E-state index contributed by atoms with van der Waals surface area (Å²) in [5, 5.41) is 3.81. The number of hydrogen-bond donors (Lipinski definition) is 1. The van der Waals surface area contributed by atoms with Crippen molar-refractivity contribution in [2.75, 3.05) is 0 Å². The van der Waals surface area contributed by atoms with Gasteiger partial charge in [-0.15, -0.1) is 0 Å². The molecule has 0 spiro atoms. The van der Waals surface area contributed by atoms with Gasteiger partial charge in [-0.3, -0.25) is 0 Å². The van der Waals surface area contributed by atoms with Crippen LogP contribution in [0.25, 0.3) is 0 Å². The molecule has 0 aromatic carbocycles. The molecule has 2 heteroatoms. The van der Waals surface area contributed by atoms with Gasteiger partial charge in [0.2, 0.25) is 0 Å². The van der Waals surface area contributed by atoms with Crippen LogP contribution in [0.15, 0.2) is 5.10 Å². The van der Waals surface area contributed by atoms with Gasteiger partial charge < -0.3 is 5.84 Å². The molecule has 0 radical (unpaired) electrons. The fourth-order valence-electron chi connectivity index (χ4n) is 1.89. The van der Waals surface area contributed by atoms with E-state index in [4.69, 9.17) is 5.84 Å². The van der Waals surface area contributed by atoms with Crippen molar-refractivity contribution in [2.24, 2.45) is 22.8 Å². The monoisotopic (exact) mass is 140 g/mol. The van der Waals surface area contributed by atoms with Gasteiger partial charge in [0.05, 0.1) is 0 Å². The molecule has 0 amide bonds. The number of rotatable bonds is 1. The topological polar surface area (TPSA) is 38.4 Å². The maximum absolute atomic E-state index is 5.25. The van der Waals surface area contributed by atoms with E-state index in [0.717, 1.165) is 12.3 Å². The lowest BCUT2D eigenvalue weighted by atomic mass is 9.95. The van der Waals surface area contributed by atoms with Gasteiger partial charge in [0.1, 0.15) is 0 Å². The van der Waals surface area contributed by atoms with Crippen LogP contribution in [0, 0.1) is 11.8 Å². The molecule has 2 nitrogen and oxygen atoms in total. The maximum atomic E-state index is 5.25. The molecule has 0 bridgehead atoms. The molecule has 0 aromatic heterocycles. The van der Waals surface area contributed by atoms with E-state index in [1.165, 1.54) is 18.6 Å². The predicted molar refractivity (Wildman–Crippen MR) is 43.8 cm³/mol. The minimum absolute atomic E-state index is 0.671. The Labute approximate surface area is 62.5 Å². The summed E-state index contributed by atoms with van der Waals surface area (Å²) in [6.45, 7) is 4.49. The van der Waals surface area contributed by atoms with Gasteiger partial charge in [-0.25, -0.2) is 0 Å². The third kappa shape index (κ3) is 1.15. The SMILES string of the molecule is CCC1/C(=N/N)CCC1C. The first-order chi connectivity index (χ1) is 4.79. The molecule has 2 N–H and O–H groups in total. The Morgan fingerprint density at radius 1 is 1.70 bits per heavy atom. The van der Waals surface area contributed by atoms with Gasteiger partial charge in [-0.2, -0.15) is 5.10 Å². The van der Waals surface area contributed by atoms with Crippen LogP contribution in [0.2, 0.25) is 0 Å². The molecule has 1 rings (SSSR count). The highest BCUT2D eigenvalue weighted by molar-refractivity contribution is 5.88. The quantitative estimate of drug-likeness (QED) is 0.437. The molecule has 0 aliphatic heterocycles. The minimum Gasteiger partial charge on any atom is -0.323 e. The first kappa shape index (κ1) is 7.58. The number of hydrogen-bond acceptors (Lipinski definition) is 2. The average molecular weight is 140 g/mol. The smallest absolute Gasteiger partial charge is 0.0409 e. The van der Waals surface area contributed by atoms with Crippen LogP contribution in [0.1, 0.15) is 33.1 Å². The van der Waals surface area contributed by atoms with Gasteiger partial charge >= 0.3 is 0 Å². The third-order valence-corrected chi connectivity index (χ3v) is 2.58. The lowest BCUT2D eigenvalue weighted by Crippen LogP contribution is -2.12. The van der Waals surface area contributed by atoms with Crippen molar-refractivity contribution in [1.29, 1.82) is 0 Å². The zero-order valence-corrected chi connectivity index (χ0v) is 6.80. The second-order valence-corrected chi connectivity index (χ2v) is 3.15.